The largest absolute Gasteiger partial charge is 0.497 e. The number of aromatic carboxylic acids is 1. The van der Waals surface area contributed by atoms with E-state index in [2.05, 4.69) is 10.6 Å². The van der Waals surface area contributed by atoms with Gasteiger partial charge in [0.05, 0.1) is 12.7 Å². The molecule has 0 aliphatic heterocycles. The Hall–Kier alpha value is -3.79. The zero-order valence-electron chi connectivity index (χ0n) is 13.3. The van der Waals surface area contributed by atoms with Crippen LogP contribution >= 0.6 is 0 Å². The summed E-state index contributed by atoms with van der Waals surface area (Å²) in [5.74, 6) is -0.943. The summed E-state index contributed by atoms with van der Waals surface area (Å²) in [6.07, 6.45) is 1.26. The predicted molar refractivity (Wildman–Crippen MR) is 92.3 cm³/mol. The second kappa shape index (κ2) is 8.17. The summed E-state index contributed by atoms with van der Waals surface area (Å²) in [5, 5.41) is 23.4. The Kier molecular flexibility index (Phi) is 5.74. The second-order valence-corrected chi connectivity index (χ2v) is 4.88. The number of anilines is 2. The summed E-state index contributed by atoms with van der Waals surface area (Å²) in [4.78, 5) is 22.9. The monoisotopic (exact) mass is 337 g/mol. The van der Waals surface area contributed by atoms with Crippen LogP contribution in [-0.2, 0) is 4.79 Å². The average molecular weight is 337 g/mol. The van der Waals surface area contributed by atoms with Crippen LogP contribution < -0.4 is 15.4 Å². The van der Waals surface area contributed by atoms with Crippen molar-refractivity contribution >= 4 is 23.3 Å². The molecule has 2 aromatic carbocycles. The van der Waals surface area contributed by atoms with Crippen LogP contribution in [0.1, 0.15) is 10.4 Å². The van der Waals surface area contributed by atoms with E-state index in [1.165, 1.54) is 30.5 Å². The molecule has 7 heteroatoms. The van der Waals surface area contributed by atoms with Crippen LogP contribution in [0.5, 0.6) is 5.75 Å². The van der Waals surface area contributed by atoms with Gasteiger partial charge in [-0.2, -0.15) is 5.26 Å². The summed E-state index contributed by atoms with van der Waals surface area (Å²) < 4.78 is 5.03. The Labute approximate surface area is 144 Å². The molecule has 0 heterocycles. The fourth-order valence-electron chi connectivity index (χ4n) is 1.89. The molecule has 0 fully saturated rings. The molecule has 0 aliphatic carbocycles. The van der Waals surface area contributed by atoms with Crippen LogP contribution in [-0.4, -0.2) is 24.1 Å². The number of nitrogens with one attached hydrogen (secondary N) is 2. The van der Waals surface area contributed by atoms with Gasteiger partial charge in [0.1, 0.15) is 17.4 Å². The minimum absolute atomic E-state index is 0.127. The van der Waals surface area contributed by atoms with Gasteiger partial charge in [-0.3, -0.25) is 4.79 Å². The molecule has 2 aromatic rings. The van der Waals surface area contributed by atoms with Crippen LogP contribution in [0.15, 0.2) is 60.3 Å². The number of ether oxygens (including phenoxy) is 1. The Bertz CT molecular complexity index is 834. The Morgan fingerprint density at radius 3 is 2.20 bits per heavy atom. The van der Waals surface area contributed by atoms with Gasteiger partial charge in [0, 0.05) is 17.6 Å². The molecule has 0 unspecified atom stereocenters. The van der Waals surface area contributed by atoms with Gasteiger partial charge in [-0.15, -0.1) is 0 Å². The van der Waals surface area contributed by atoms with Crippen molar-refractivity contribution in [1.82, 2.24) is 0 Å². The lowest BCUT2D eigenvalue weighted by Gasteiger charge is -2.06. The zero-order chi connectivity index (χ0) is 18.2. The lowest BCUT2D eigenvalue weighted by Crippen LogP contribution is -2.14. The Balaban J connectivity index is 2.04. The van der Waals surface area contributed by atoms with Gasteiger partial charge in [0.15, 0.2) is 0 Å². The number of carboxylic acid groups (broad SMARTS) is 1. The summed E-state index contributed by atoms with van der Waals surface area (Å²) in [6.45, 7) is 0. The molecule has 0 radical (unpaired) electrons. The Morgan fingerprint density at radius 1 is 1.08 bits per heavy atom. The lowest BCUT2D eigenvalue weighted by atomic mass is 10.2. The van der Waals surface area contributed by atoms with Crippen molar-refractivity contribution < 1.29 is 19.4 Å². The molecule has 25 heavy (non-hydrogen) atoms. The second-order valence-electron chi connectivity index (χ2n) is 4.88. The van der Waals surface area contributed by atoms with Crippen molar-refractivity contribution in [3.05, 3.63) is 65.9 Å². The van der Waals surface area contributed by atoms with Gasteiger partial charge in [0.2, 0.25) is 0 Å². The molecule has 1 amide bonds. The first-order chi connectivity index (χ1) is 12.0. The number of hydrogen-bond acceptors (Lipinski definition) is 5. The van der Waals surface area contributed by atoms with Gasteiger partial charge in [-0.05, 0) is 48.5 Å². The highest BCUT2D eigenvalue weighted by Gasteiger charge is 2.09. The molecule has 3 N–H and O–H groups in total. The first kappa shape index (κ1) is 17.6. The normalized spacial score (nSPS) is 10.5. The average Bonchev–Trinajstić information content (AvgIpc) is 2.63. The topological polar surface area (TPSA) is 111 Å². The van der Waals surface area contributed by atoms with E-state index in [0.717, 1.165) is 0 Å². The van der Waals surface area contributed by atoms with Crippen LogP contribution in [0.25, 0.3) is 0 Å². The van der Waals surface area contributed by atoms with Crippen molar-refractivity contribution in [2.45, 2.75) is 0 Å². The van der Waals surface area contributed by atoms with E-state index >= 15 is 0 Å². The highest BCUT2D eigenvalue weighted by molar-refractivity contribution is 6.06. The number of benzene rings is 2. The molecule has 0 atom stereocenters. The molecule has 2 rings (SSSR count). The summed E-state index contributed by atoms with van der Waals surface area (Å²) in [5.41, 5.74) is 1.10. The van der Waals surface area contributed by atoms with E-state index in [0.29, 0.717) is 17.1 Å². The highest BCUT2D eigenvalue weighted by Crippen LogP contribution is 2.16. The minimum Gasteiger partial charge on any atom is -0.497 e. The van der Waals surface area contributed by atoms with Gasteiger partial charge in [-0.25, -0.2) is 4.79 Å². The standard InChI is InChI=1S/C18H15N3O4/c1-25-16-8-6-15(7-9-16)21-17(22)13(10-19)11-20-14-4-2-12(3-5-14)18(23)24/h2-9,11,20H,1H3,(H,21,22)(H,23,24)/b13-11-. The summed E-state index contributed by atoms with van der Waals surface area (Å²) in [6, 6.07) is 14.4. The first-order valence-corrected chi connectivity index (χ1v) is 7.19. The number of amides is 1. The van der Waals surface area contributed by atoms with E-state index in [9.17, 15) is 9.59 Å². The minimum atomic E-state index is -1.03. The summed E-state index contributed by atoms with van der Waals surface area (Å²) >= 11 is 0. The van der Waals surface area contributed by atoms with E-state index in [4.69, 9.17) is 15.1 Å². The van der Waals surface area contributed by atoms with E-state index in [1.54, 1.807) is 31.4 Å². The van der Waals surface area contributed by atoms with Gasteiger partial charge >= 0.3 is 5.97 Å². The molecule has 0 aliphatic rings. The van der Waals surface area contributed by atoms with Gasteiger partial charge < -0.3 is 20.5 Å². The number of hydrogen-bond donors (Lipinski definition) is 3. The van der Waals surface area contributed by atoms with Crippen molar-refractivity contribution in [3.8, 4) is 11.8 Å². The van der Waals surface area contributed by atoms with Crippen molar-refractivity contribution in [2.24, 2.45) is 0 Å². The van der Waals surface area contributed by atoms with Crippen molar-refractivity contribution in [3.63, 3.8) is 0 Å². The number of rotatable bonds is 6. The highest BCUT2D eigenvalue weighted by atomic mass is 16.5. The van der Waals surface area contributed by atoms with Crippen LogP contribution in [0.2, 0.25) is 0 Å². The third kappa shape index (κ3) is 4.84. The van der Waals surface area contributed by atoms with Crippen molar-refractivity contribution in [2.75, 3.05) is 17.7 Å². The number of carbonyl (C=O) groups is 2. The lowest BCUT2D eigenvalue weighted by molar-refractivity contribution is -0.112. The molecular formula is C18H15N3O4. The van der Waals surface area contributed by atoms with E-state index < -0.39 is 11.9 Å². The number of carboxylic acids is 1. The van der Waals surface area contributed by atoms with E-state index in [-0.39, 0.29) is 11.1 Å². The molecule has 0 aromatic heterocycles. The molecule has 7 nitrogen and oxygen atoms in total. The first-order valence-electron chi connectivity index (χ1n) is 7.19. The number of nitrogens with zero attached hydrogens (tertiary/aromatic N) is 1. The molecule has 0 spiro atoms. The fraction of sp³-hybridized carbons (Fsp3) is 0.0556. The van der Waals surface area contributed by atoms with Crippen LogP contribution in [0, 0.1) is 11.3 Å². The SMILES string of the molecule is COc1ccc(NC(=O)/C(C#N)=C\Nc2ccc(C(=O)O)cc2)cc1. The van der Waals surface area contributed by atoms with Gasteiger partial charge in [-0.1, -0.05) is 0 Å². The van der Waals surface area contributed by atoms with Gasteiger partial charge in [0.25, 0.3) is 5.91 Å². The third-order valence-electron chi connectivity index (χ3n) is 3.23. The zero-order valence-corrected chi connectivity index (χ0v) is 13.3. The molecule has 0 saturated carbocycles. The molecule has 0 bridgehead atoms. The number of methoxy groups -OCH3 is 1. The quantitative estimate of drug-likeness (QED) is 0.552. The number of carbonyl (C=O) groups excluding carboxylic acids is 1. The maximum absolute atomic E-state index is 12.1. The Morgan fingerprint density at radius 2 is 1.68 bits per heavy atom. The van der Waals surface area contributed by atoms with Crippen LogP contribution in [0.3, 0.4) is 0 Å². The number of nitriles is 1. The fourth-order valence-corrected chi connectivity index (χ4v) is 1.89. The maximum atomic E-state index is 12.1. The van der Waals surface area contributed by atoms with E-state index in [1.807, 2.05) is 6.07 Å². The van der Waals surface area contributed by atoms with Crippen LogP contribution in [0.4, 0.5) is 11.4 Å². The smallest absolute Gasteiger partial charge is 0.335 e. The maximum Gasteiger partial charge on any atom is 0.335 e. The predicted octanol–water partition coefficient (Wildman–Crippen LogP) is 2.85. The molecule has 126 valence electrons. The summed E-state index contributed by atoms with van der Waals surface area (Å²) in [7, 11) is 1.54. The molecular weight excluding hydrogens is 322 g/mol. The molecule has 0 saturated heterocycles. The third-order valence-corrected chi connectivity index (χ3v) is 3.23. The van der Waals surface area contributed by atoms with Crippen molar-refractivity contribution in [1.29, 1.82) is 5.26 Å².